The Morgan fingerprint density at radius 1 is 1.30 bits per heavy atom. The van der Waals surface area contributed by atoms with Crippen LogP contribution in [-0.2, 0) is 11.2 Å². The fourth-order valence-electron chi connectivity index (χ4n) is 2.84. The number of aliphatic hydroxyl groups is 1. The van der Waals surface area contributed by atoms with Gasteiger partial charge in [-0.05, 0) is 80.3 Å². The number of nitrogens with one attached hydrogen (secondary N) is 1. The van der Waals surface area contributed by atoms with Crippen LogP contribution in [0.15, 0.2) is 0 Å². The molecule has 2 rings (SSSR count). The molecule has 1 aromatic carbocycles. The Labute approximate surface area is 150 Å². The lowest BCUT2D eigenvalue weighted by Crippen LogP contribution is -2.54. The van der Waals surface area contributed by atoms with E-state index in [4.69, 9.17) is 4.74 Å². The second-order valence-corrected chi connectivity index (χ2v) is 7.78. The first-order chi connectivity index (χ1) is 10.6. The van der Waals surface area contributed by atoms with Gasteiger partial charge in [0, 0.05) is 12.0 Å². The van der Waals surface area contributed by atoms with Crippen LogP contribution in [0.2, 0.25) is 0 Å². The molecule has 0 bridgehead atoms. The monoisotopic (exact) mass is 433 g/mol. The first-order valence-corrected chi connectivity index (χ1v) is 8.96. The van der Waals surface area contributed by atoms with Crippen molar-refractivity contribution in [3.05, 3.63) is 22.3 Å². The van der Waals surface area contributed by atoms with Gasteiger partial charge in [0.15, 0.2) is 5.60 Å². The van der Waals surface area contributed by atoms with Gasteiger partial charge in [0.2, 0.25) is 0 Å². The first kappa shape index (κ1) is 18.3. The molecule has 3 N–H and O–H groups in total. The predicted molar refractivity (Wildman–Crippen MR) is 97.3 cm³/mol. The second kappa shape index (κ2) is 6.47. The number of phenolic OH excluding ortho intramolecular Hbond substituents is 1. The van der Waals surface area contributed by atoms with Gasteiger partial charge < -0.3 is 20.3 Å². The number of alkyl halides is 1. The molecule has 0 aliphatic carbocycles. The number of benzene rings is 1. The van der Waals surface area contributed by atoms with Crippen molar-refractivity contribution in [3.8, 4) is 11.5 Å². The number of carbonyl (C=O) groups is 1. The number of phenols is 1. The maximum atomic E-state index is 12.6. The fourth-order valence-corrected chi connectivity index (χ4v) is 3.02. The highest BCUT2D eigenvalue weighted by Crippen LogP contribution is 2.43. The van der Waals surface area contributed by atoms with Gasteiger partial charge >= 0.3 is 0 Å². The van der Waals surface area contributed by atoms with E-state index in [1.54, 1.807) is 13.8 Å². The number of amides is 1. The summed E-state index contributed by atoms with van der Waals surface area (Å²) in [6.45, 7) is 9.15. The van der Waals surface area contributed by atoms with Crippen LogP contribution in [0.3, 0.4) is 0 Å². The molecule has 3 unspecified atom stereocenters. The molecule has 1 aliphatic heterocycles. The van der Waals surface area contributed by atoms with E-state index >= 15 is 0 Å². The zero-order valence-electron chi connectivity index (χ0n) is 14.2. The first-order valence-electron chi connectivity index (χ1n) is 7.72. The summed E-state index contributed by atoms with van der Waals surface area (Å²) < 4.78 is 5.45. The standard InChI is InChI=1S/C17H24INO4/c1-8-9(2)14-12(10(3)13(8)20)6-7-17(5,23-14)16(22)19-11(4)15(18)21/h11,15,20-21H,6-7H2,1-5H3,(H,19,22). The van der Waals surface area contributed by atoms with E-state index in [2.05, 4.69) is 5.32 Å². The maximum Gasteiger partial charge on any atom is 0.264 e. The third-order valence-electron chi connectivity index (χ3n) is 4.77. The summed E-state index contributed by atoms with van der Waals surface area (Å²) in [5.41, 5.74) is 2.46. The number of halogens is 1. The highest BCUT2D eigenvalue weighted by molar-refractivity contribution is 14.1. The highest BCUT2D eigenvalue weighted by atomic mass is 127. The van der Waals surface area contributed by atoms with Crippen LogP contribution in [-0.4, -0.2) is 31.9 Å². The molecule has 0 spiro atoms. The maximum absolute atomic E-state index is 12.6. The normalized spacial score (nSPS) is 22.7. The lowest BCUT2D eigenvalue weighted by atomic mass is 9.86. The molecule has 0 radical (unpaired) electrons. The minimum absolute atomic E-state index is 0.228. The number of rotatable bonds is 3. The smallest absolute Gasteiger partial charge is 0.264 e. The van der Waals surface area contributed by atoms with Gasteiger partial charge in [0.05, 0.1) is 6.04 Å². The van der Waals surface area contributed by atoms with E-state index in [1.165, 1.54) is 0 Å². The van der Waals surface area contributed by atoms with Crippen LogP contribution in [0.25, 0.3) is 0 Å². The van der Waals surface area contributed by atoms with E-state index < -0.39 is 9.71 Å². The van der Waals surface area contributed by atoms with E-state index in [-0.39, 0.29) is 11.9 Å². The SMILES string of the molecule is Cc1c(C)c2c(c(C)c1O)CCC(C)(C(=O)NC(C)C(O)I)O2. The van der Waals surface area contributed by atoms with Crippen LogP contribution in [0.4, 0.5) is 0 Å². The molecule has 1 aromatic rings. The number of ether oxygens (including phenoxy) is 1. The lowest BCUT2D eigenvalue weighted by Gasteiger charge is -2.37. The Morgan fingerprint density at radius 2 is 1.91 bits per heavy atom. The van der Waals surface area contributed by atoms with Crippen molar-refractivity contribution in [2.45, 2.75) is 63.2 Å². The molecule has 1 amide bonds. The zero-order valence-corrected chi connectivity index (χ0v) is 16.3. The van der Waals surface area contributed by atoms with E-state index in [0.29, 0.717) is 24.3 Å². The van der Waals surface area contributed by atoms with Crippen molar-refractivity contribution in [2.75, 3.05) is 0 Å². The molecular formula is C17H24INO4. The predicted octanol–water partition coefficient (Wildman–Crippen LogP) is 2.66. The van der Waals surface area contributed by atoms with E-state index in [9.17, 15) is 15.0 Å². The molecule has 5 nitrogen and oxygen atoms in total. The molecule has 1 aliphatic rings. The van der Waals surface area contributed by atoms with Crippen molar-refractivity contribution < 1.29 is 19.7 Å². The molecule has 6 heteroatoms. The topological polar surface area (TPSA) is 78.8 Å². The quantitative estimate of drug-likeness (QED) is 0.506. The molecule has 0 fully saturated rings. The number of hydrogen-bond acceptors (Lipinski definition) is 4. The second-order valence-electron chi connectivity index (χ2n) is 6.50. The Kier molecular flexibility index (Phi) is 5.15. The fraction of sp³-hybridized carbons (Fsp3) is 0.588. The van der Waals surface area contributed by atoms with Gasteiger partial charge in [-0.1, -0.05) is 0 Å². The van der Waals surface area contributed by atoms with Crippen LogP contribution < -0.4 is 10.1 Å². The molecule has 0 saturated carbocycles. The number of aliphatic hydroxyl groups excluding tert-OH is 1. The third-order valence-corrected chi connectivity index (χ3v) is 5.85. The lowest BCUT2D eigenvalue weighted by molar-refractivity contribution is -0.138. The van der Waals surface area contributed by atoms with Crippen molar-refractivity contribution in [1.29, 1.82) is 0 Å². The molecule has 0 aromatic heterocycles. The minimum Gasteiger partial charge on any atom is -0.507 e. The van der Waals surface area contributed by atoms with Crippen LogP contribution in [0, 0.1) is 20.8 Å². The molecule has 23 heavy (non-hydrogen) atoms. The summed E-state index contributed by atoms with van der Waals surface area (Å²) in [5.74, 6) is 0.776. The van der Waals surface area contributed by atoms with Gasteiger partial charge in [0.25, 0.3) is 5.91 Å². The zero-order chi connectivity index (χ0) is 17.5. The largest absolute Gasteiger partial charge is 0.507 e. The number of carbonyl (C=O) groups excluding carboxylic acids is 1. The number of hydrogen-bond donors (Lipinski definition) is 3. The summed E-state index contributed by atoms with van der Waals surface area (Å²) in [7, 11) is 0. The van der Waals surface area contributed by atoms with E-state index in [0.717, 1.165) is 22.3 Å². The molecule has 1 heterocycles. The van der Waals surface area contributed by atoms with Crippen LogP contribution in [0.1, 0.15) is 42.5 Å². The Morgan fingerprint density at radius 3 is 2.48 bits per heavy atom. The van der Waals surface area contributed by atoms with Crippen molar-refractivity contribution >= 4 is 28.5 Å². The van der Waals surface area contributed by atoms with Gasteiger partial charge in [-0.25, -0.2) is 0 Å². The Balaban J connectivity index is 2.34. The minimum atomic E-state index is -0.979. The summed E-state index contributed by atoms with van der Waals surface area (Å²) in [6, 6.07) is -0.352. The number of aromatic hydroxyl groups is 1. The van der Waals surface area contributed by atoms with Gasteiger partial charge in [-0.3, -0.25) is 4.79 Å². The van der Waals surface area contributed by atoms with Crippen LogP contribution in [0.5, 0.6) is 11.5 Å². The van der Waals surface area contributed by atoms with Crippen LogP contribution >= 0.6 is 22.6 Å². The summed E-state index contributed by atoms with van der Waals surface area (Å²) in [6.07, 6.45) is 1.19. The average molecular weight is 433 g/mol. The molecule has 0 saturated heterocycles. The summed E-state index contributed by atoms with van der Waals surface area (Å²) in [5, 5.41) is 22.6. The summed E-state index contributed by atoms with van der Waals surface area (Å²) in [4.78, 5) is 12.6. The van der Waals surface area contributed by atoms with E-state index in [1.807, 2.05) is 43.4 Å². The van der Waals surface area contributed by atoms with Crippen molar-refractivity contribution in [3.63, 3.8) is 0 Å². The Hall–Kier alpha value is -1.02. The van der Waals surface area contributed by atoms with Crippen molar-refractivity contribution in [2.24, 2.45) is 0 Å². The van der Waals surface area contributed by atoms with Gasteiger partial charge in [-0.2, -0.15) is 0 Å². The van der Waals surface area contributed by atoms with Gasteiger partial charge in [0.1, 0.15) is 15.6 Å². The van der Waals surface area contributed by atoms with Crippen molar-refractivity contribution in [1.82, 2.24) is 5.32 Å². The average Bonchev–Trinajstić information content (AvgIpc) is 2.50. The van der Waals surface area contributed by atoms with Gasteiger partial charge in [-0.15, -0.1) is 0 Å². The molecule has 128 valence electrons. The molecular weight excluding hydrogens is 409 g/mol. The third kappa shape index (κ3) is 3.28. The molecule has 3 atom stereocenters. The Bertz CT molecular complexity index is 644. The number of fused-ring (bicyclic) bond motifs is 1. The highest BCUT2D eigenvalue weighted by Gasteiger charge is 2.41. The summed E-state index contributed by atoms with van der Waals surface area (Å²) >= 11 is 1.87.